The zero-order valence-corrected chi connectivity index (χ0v) is 12.2. The number of hydrogen-bond acceptors (Lipinski definition) is 2. The number of nitrogen functional groups attached to an aromatic ring is 1. The summed E-state index contributed by atoms with van der Waals surface area (Å²) in [6.07, 6.45) is 1.02. The second-order valence-corrected chi connectivity index (χ2v) is 6.12. The Morgan fingerprint density at radius 3 is 2.26 bits per heavy atom. The van der Waals surface area contributed by atoms with Gasteiger partial charge in [-0.05, 0) is 42.2 Å². The van der Waals surface area contributed by atoms with Crippen molar-refractivity contribution in [1.82, 2.24) is 0 Å². The number of nitrogens with two attached hydrogens (primary N) is 1. The van der Waals surface area contributed by atoms with Crippen molar-refractivity contribution in [2.24, 2.45) is 0 Å². The van der Waals surface area contributed by atoms with Crippen LogP contribution in [0.5, 0.6) is 0 Å². The topological polar surface area (TPSA) is 43.1 Å². The molecule has 0 spiro atoms. The maximum absolute atomic E-state index is 12.3. The van der Waals surface area contributed by atoms with E-state index in [9.17, 15) is 4.21 Å². The minimum atomic E-state index is -1.09. The summed E-state index contributed by atoms with van der Waals surface area (Å²) in [4.78, 5) is 0.727. The maximum atomic E-state index is 12.3. The van der Waals surface area contributed by atoms with Gasteiger partial charge in [-0.15, -0.1) is 0 Å². The van der Waals surface area contributed by atoms with Gasteiger partial charge >= 0.3 is 0 Å². The van der Waals surface area contributed by atoms with E-state index in [2.05, 4.69) is 19.1 Å². The second-order valence-electron chi connectivity index (χ2n) is 4.70. The molecule has 1 atom stereocenters. The van der Waals surface area contributed by atoms with Gasteiger partial charge in [-0.1, -0.05) is 37.3 Å². The Hall–Kier alpha value is -1.61. The Kier molecular flexibility index (Phi) is 4.38. The van der Waals surface area contributed by atoms with Gasteiger partial charge in [0.05, 0.1) is 21.4 Å². The highest BCUT2D eigenvalue weighted by atomic mass is 32.2. The largest absolute Gasteiger partial charge is 0.398 e. The van der Waals surface area contributed by atoms with Crippen LogP contribution in [-0.4, -0.2) is 4.21 Å². The van der Waals surface area contributed by atoms with Crippen molar-refractivity contribution < 1.29 is 4.21 Å². The monoisotopic (exact) mass is 273 g/mol. The molecule has 100 valence electrons. The highest BCUT2D eigenvalue weighted by molar-refractivity contribution is 7.84. The van der Waals surface area contributed by atoms with Crippen molar-refractivity contribution in [1.29, 1.82) is 0 Å². The molecule has 0 saturated heterocycles. The van der Waals surface area contributed by atoms with Gasteiger partial charge in [-0.2, -0.15) is 0 Å². The fourth-order valence-corrected chi connectivity index (χ4v) is 3.17. The van der Waals surface area contributed by atoms with Crippen molar-refractivity contribution in [2.75, 3.05) is 5.73 Å². The molecule has 2 nitrogen and oxygen atoms in total. The lowest BCUT2D eigenvalue weighted by Gasteiger charge is -2.07. The molecule has 19 heavy (non-hydrogen) atoms. The Bertz CT molecular complexity index is 590. The zero-order valence-electron chi connectivity index (χ0n) is 11.3. The van der Waals surface area contributed by atoms with Gasteiger partial charge in [0.2, 0.25) is 0 Å². The highest BCUT2D eigenvalue weighted by Crippen LogP contribution is 2.20. The van der Waals surface area contributed by atoms with Crippen LogP contribution in [0.25, 0.3) is 0 Å². The van der Waals surface area contributed by atoms with Crippen LogP contribution >= 0.6 is 0 Å². The van der Waals surface area contributed by atoms with Crippen LogP contribution in [0.1, 0.15) is 23.6 Å². The molecule has 0 aliphatic heterocycles. The van der Waals surface area contributed by atoms with Crippen LogP contribution in [0.4, 0.5) is 5.69 Å². The normalized spacial score (nSPS) is 12.3. The van der Waals surface area contributed by atoms with Crippen molar-refractivity contribution in [2.45, 2.75) is 30.9 Å². The molecule has 3 heteroatoms. The minimum absolute atomic E-state index is 0.511. The van der Waals surface area contributed by atoms with Crippen LogP contribution < -0.4 is 5.73 Å². The zero-order chi connectivity index (χ0) is 13.8. The quantitative estimate of drug-likeness (QED) is 0.867. The van der Waals surface area contributed by atoms with E-state index in [1.54, 1.807) is 0 Å². The van der Waals surface area contributed by atoms with Gasteiger partial charge < -0.3 is 5.73 Å². The first-order valence-corrected chi connectivity index (χ1v) is 7.74. The molecule has 2 rings (SSSR count). The first-order valence-electron chi connectivity index (χ1n) is 6.42. The minimum Gasteiger partial charge on any atom is -0.398 e. The van der Waals surface area contributed by atoms with Crippen LogP contribution in [0.15, 0.2) is 47.4 Å². The van der Waals surface area contributed by atoms with Gasteiger partial charge in [-0.3, -0.25) is 4.21 Å². The first-order chi connectivity index (χ1) is 9.10. The molecule has 0 fully saturated rings. The maximum Gasteiger partial charge on any atom is 0.0621 e. The van der Waals surface area contributed by atoms with Gasteiger partial charge in [0.1, 0.15) is 0 Å². The third-order valence-electron chi connectivity index (χ3n) is 3.14. The second kappa shape index (κ2) is 6.02. The van der Waals surface area contributed by atoms with E-state index in [-0.39, 0.29) is 0 Å². The predicted octanol–water partition coefficient (Wildman–Crippen LogP) is 3.45. The fourth-order valence-electron chi connectivity index (χ4n) is 1.98. The highest BCUT2D eigenvalue weighted by Gasteiger charge is 2.09. The van der Waals surface area contributed by atoms with E-state index in [4.69, 9.17) is 5.73 Å². The van der Waals surface area contributed by atoms with Crippen molar-refractivity contribution in [3.05, 3.63) is 59.2 Å². The van der Waals surface area contributed by atoms with E-state index in [1.165, 1.54) is 5.56 Å². The third kappa shape index (κ3) is 3.44. The number of benzene rings is 2. The van der Waals surface area contributed by atoms with Crippen molar-refractivity contribution >= 4 is 16.5 Å². The third-order valence-corrected chi connectivity index (χ3v) is 4.60. The molecule has 2 N–H and O–H groups in total. The SMILES string of the molecule is CCc1ccc(CS(=O)c2ccc(C)cc2N)cc1. The van der Waals surface area contributed by atoms with Crippen LogP contribution in [0.2, 0.25) is 0 Å². The average Bonchev–Trinajstić information content (AvgIpc) is 2.39. The first kappa shape index (κ1) is 13.8. The van der Waals surface area contributed by atoms with Gasteiger partial charge in [0.15, 0.2) is 0 Å². The Labute approximate surface area is 117 Å². The lowest BCUT2D eigenvalue weighted by Crippen LogP contribution is -2.01. The number of anilines is 1. The van der Waals surface area contributed by atoms with Crippen molar-refractivity contribution in [3.8, 4) is 0 Å². The molecule has 0 bridgehead atoms. The molecule has 2 aromatic rings. The van der Waals surface area contributed by atoms with E-state index >= 15 is 0 Å². The Balaban J connectivity index is 2.15. The van der Waals surface area contributed by atoms with E-state index in [1.807, 2.05) is 37.3 Å². The fraction of sp³-hybridized carbons (Fsp3) is 0.250. The summed E-state index contributed by atoms with van der Waals surface area (Å²) in [6.45, 7) is 4.10. The molecule has 0 radical (unpaired) electrons. The lowest BCUT2D eigenvalue weighted by molar-refractivity contribution is 0.683. The summed E-state index contributed by atoms with van der Waals surface area (Å²) in [5, 5.41) is 0. The molecule has 0 heterocycles. The van der Waals surface area contributed by atoms with Crippen LogP contribution in [-0.2, 0) is 23.0 Å². The average molecular weight is 273 g/mol. The Morgan fingerprint density at radius 1 is 1.05 bits per heavy atom. The number of hydrogen-bond donors (Lipinski definition) is 1. The van der Waals surface area contributed by atoms with Gasteiger partial charge in [-0.25, -0.2) is 0 Å². The van der Waals surface area contributed by atoms with Gasteiger partial charge in [0.25, 0.3) is 0 Å². The standard InChI is InChI=1S/C16H19NOS/c1-3-13-5-7-14(8-6-13)11-19(18)16-9-4-12(2)10-15(16)17/h4-10H,3,11,17H2,1-2H3. The molecule has 0 aromatic heterocycles. The summed E-state index contributed by atoms with van der Waals surface area (Å²) in [7, 11) is -1.09. The summed E-state index contributed by atoms with van der Waals surface area (Å²) in [5.41, 5.74) is 10.0. The molecule has 0 amide bonds. The summed E-state index contributed by atoms with van der Waals surface area (Å²) >= 11 is 0. The number of rotatable bonds is 4. The smallest absolute Gasteiger partial charge is 0.0621 e. The van der Waals surface area contributed by atoms with Crippen molar-refractivity contribution in [3.63, 3.8) is 0 Å². The van der Waals surface area contributed by atoms with E-state index in [0.717, 1.165) is 22.4 Å². The van der Waals surface area contributed by atoms with E-state index < -0.39 is 10.8 Å². The summed E-state index contributed by atoms with van der Waals surface area (Å²) in [5.74, 6) is 0.511. The number of aryl methyl sites for hydroxylation is 2. The summed E-state index contributed by atoms with van der Waals surface area (Å²) in [6, 6.07) is 13.9. The van der Waals surface area contributed by atoms with E-state index in [0.29, 0.717) is 11.4 Å². The molecular formula is C16H19NOS. The van der Waals surface area contributed by atoms with Gasteiger partial charge in [0, 0.05) is 5.69 Å². The molecule has 1 unspecified atom stereocenters. The van der Waals surface area contributed by atoms with Crippen LogP contribution in [0, 0.1) is 6.92 Å². The molecule has 0 saturated carbocycles. The molecule has 0 aliphatic carbocycles. The molecule has 2 aromatic carbocycles. The lowest BCUT2D eigenvalue weighted by atomic mass is 10.1. The molecular weight excluding hydrogens is 254 g/mol. The Morgan fingerprint density at radius 2 is 1.68 bits per heavy atom. The van der Waals surface area contributed by atoms with Crippen LogP contribution in [0.3, 0.4) is 0 Å². The summed E-state index contributed by atoms with van der Waals surface area (Å²) < 4.78 is 12.3. The molecule has 0 aliphatic rings. The predicted molar refractivity (Wildman–Crippen MR) is 81.5 cm³/mol.